The fourth-order valence-corrected chi connectivity index (χ4v) is 4.38. The van der Waals surface area contributed by atoms with Gasteiger partial charge < -0.3 is 9.80 Å². The van der Waals surface area contributed by atoms with Crippen molar-refractivity contribution >= 4 is 17.8 Å². The van der Waals surface area contributed by atoms with Crippen LogP contribution in [0, 0.1) is 19.3 Å². The van der Waals surface area contributed by atoms with Crippen LogP contribution in [0.25, 0.3) is 6.08 Å². The number of benzene rings is 1. The molecule has 0 unspecified atom stereocenters. The molecular weight excluding hydrogens is 348 g/mol. The largest absolute Gasteiger partial charge is 0.355 e. The third-order valence-electron chi connectivity index (χ3n) is 6.02. The summed E-state index contributed by atoms with van der Waals surface area (Å²) in [5, 5.41) is 0. The molecule has 0 N–H and O–H groups in total. The fourth-order valence-electron chi connectivity index (χ4n) is 4.38. The van der Waals surface area contributed by atoms with E-state index in [2.05, 4.69) is 39.2 Å². The molecule has 5 heteroatoms. The Morgan fingerprint density at radius 3 is 2.64 bits per heavy atom. The first kappa shape index (κ1) is 18.7. The summed E-state index contributed by atoms with van der Waals surface area (Å²) in [5.74, 6) is 1.29. The van der Waals surface area contributed by atoms with Crippen molar-refractivity contribution in [1.82, 2.24) is 14.9 Å². The van der Waals surface area contributed by atoms with Crippen molar-refractivity contribution in [1.29, 1.82) is 0 Å². The number of hydrogen-bond acceptors (Lipinski definition) is 4. The molecule has 2 aliphatic rings. The van der Waals surface area contributed by atoms with Gasteiger partial charge in [-0.15, -0.1) is 0 Å². The molecule has 3 heterocycles. The summed E-state index contributed by atoms with van der Waals surface area (Å²) in [7, 11) is 0. The van der Waals surface area contributed by atoms with Gasteiger partial charge in [0.05, 0.1) is 11.4 Å². The highest BCUT2D eigenvalue weighted by atomic mass is 16.2. The smallest absolute Gasteiger partial charge is 0.223 e. The third-order valence-corrected chi connectivity index (χ3v) is 6.02. The molecule has 0 radical (unpaired) electrons. The lowest BCUT2D eigenvalue weighted by Gasteiger charge is -2.39. The maximum absolute atomic E-state index is 12.6. The monoisotopic (exact) mass is 376 g/mol. The van der Waals surface area contributed by atoms with Gasteiger partial charge in [-0.2, -0.15) is 0 Å². The number of likely N-dealkylation sites (tertiary alicyclic amines) is 1. The van der Waals surface area contributed by atoms with Crippen molar-refractivity contribution < 1.29 is 4.79 Å². The second-order valence-corrected chi connectivity index (χ2v) is 8.17. The van der Waals surface area contributed by atoms with Crippen LogP contribution in [0.4, 0.5) is 5.82 Å². The average Bonchev–Trinajstić information content (AvgIpc) is 3.00. The van der Waals surface area contributed by atoms with Crippen molar-refractivity contribution in [3.63, 3.8) is 0 Å². The number of aryl methyl sites for hydroxylation is 2. The molecule has 4 rings (SSSR count). The van der Waals surface area contributed by atoms with Crippen LogP contribution in [-0.4, -0.2) is 47.0 Å². The zero-order valence-corrected chi connectivity index (χ0v) is 16.8. The zero-order chi connectivity index (χ0) is 19.6. The van der Waals surface area contributed by atoms with E-state index in [0.29, 0.717) is 13.0 Å². The van der Waals surface area contributed by atoms with E-state index in [4.69, 9.17) is 0 Å². The Bertz CT molecular complexity index is 869. The maximum Gasteiger partial charge on any atom is 0.223 e. The highest BCUT2D eigenvalue weighted by Crippen LogP contribution is 2.41. The molecule has 28 heavy (non-hydrogen) atoms. The molecule has 2 fully saturated rings. The topological polar surface area (TPSA) is 49.3 Å². The Labute approximate surface area is 167 Å². The Morgan fingerprint density at radius 2 is 1.89 bits per heavy atom. The molecule has 0 atom stereocenters. The van der Waals surface area contributed by atoms with Gasteiger partial charge in [0.25, 0.3) is 0 Å². The van der Waals surface area contributed by atoms with Crippen molar-refractivity contribution in [2.45, 2.75) is 33.1 Å². The quantitative estimate of drug-likeness (QED) is 0.818. The number of nitrogens with zero attached hydrogens (tertiary/aromatic N) is 4. The van der Waals surface area contributed by atoms with Crippen LogP contribution in [0.15, 0.2) is 42.6 Å². The second-order valence-electron chi connectivity index (χ2n) is 8.17. The summed E-state index contributed by atoms with van der Waals surface area (Å²) >= 11 is 0. The fraction of sp³-hybridized carbons (Fsp3) is 0.435. The molecule has 1 spiro atoms. The maximum atomic E-state index is 12.6. The van der Waals surface area contributed by atoms with Crippen LogP contribution in [0.1, 0.15) is 36.2 Å². The van der Waals surface area contributed by atoms with Gasteiger partial charge in [-0.05, 0) is 32.3 Å². The molecule has 146 valence electrons. The summed E-state index contributed by atoms with van der Waals surface area (Å²) in [6.07, 6.45) is 8.77. The first-order valence-corrected chi connectivity index (χ1v) is 10.1. The molecule has 0 bridgehead atoms. The molecule has 1 aromatic carbocycles. The van der Waals surface area contributed by atoms with Gasteiger partial charge in [0.15, 0.2) is 0 Å². The normalized spacial score (nSPS) is 19.1. The number of rotatable bonds is 4. The predicted molar refractivity (Wildman–Crippen MR) is 112 cm³/mol. The van der Waals surface area contributed by atoms with E-state index in [1.807, 2.05) is 43.1 Å². The number of piperidine rings is 1. The number of anilines is 1. The van der Waals surface area contributed by atoms with Gasteiger partial charge in [-0.3, -0.25) is 9.78 Å². The standard InChI is InChI=1S/C23H28N4O/c1-18-16-24-19(2)22(25-18)26-13-10-23(11-14-26)15-21(28)27(17-23)12-6-9-20-7-4-3-5-8-20/h3-9,16H,10-15,17H2,1-2H3. The lowest BCUT2D eigenvalue weighted by Crippen LogP contribution is -2.42. The molecule has 5 nitrogen and oxygen atoms in total. The van der Waals surface area contributed by atoms with Crippen molar-refractivity contribution in [2.24, 2.45) is 5.41 Å². The highest BCUT2D eigenvalue weighted by molar-refractivity contribution is 5.80. The summed E-state index contributed by atoms with van der Waals surface area (Å²) in [6, 6.07) is 10.2. The van der Waals surface area contributed by atoms with Crippen LogP contribution in [-0.2, 0) is 4.79 Å². The molecule has 0 saturated carbocycles. The molecule has 1 amide bonds. The Hall–Kier alpha value is -2.69. The van der Waals surface area contributed by atoms with Crippen molar-refractivity contribution in [3.8, 4) is 0 Å². The van der Waals surface area contributed by atoms with E-state index < -0.39 is 0 Å². The van der Waals surface area contributed by atoms with Gasteiger partial charge in [0.2, 0.25) is 5.91 Å². The zero-order valence-electron chi connectivity index (χ0n) is 16.8. The second kappa shape index (κ2) is 7.74. The van der Waals surface area contributed by atoms with Gasteiger partial charge in [0, 0.05) is 44.2 Å². The van der Waals surface area contributed by atoms with Gasteiger partial charge >= 0.3 is 0 Å². The summed E-state index contributed by atoms with van der Waals surface area (Å²) < 4.78 is 0. The number of carbonyl (C=O) groups excluding carboxylic acids is 1. The van der Waals surface area contributed by atoms with E-state index in [0.717, 1.165) is 49.7 Å². The van der Waals surface area contributed by atoms with E-state index in [-0.39, 0.29) is 11.3 Å². The molecule has 2 aliphatic heterocycles. The molecular formula is C23H28N4O. The number of carbonyl (C=O) groups is 1. The first-order valence-electron chi connectivity index (χ1n) is 10.1. The van der Waals surface area contributed by atoms with Crippen molar-refractivity contribution in [3.05, 3.63) is 59.6 Å². The number of hydrogen-bond donors (Lipinski definition) is 0. The minimum atomic E-state index is 0.124. The average molecular weight is 377 g/mol. The first-order chi connectivity index (χ1) is 13.5. The highest BCUT2D eigenvalue weighted by Gasteiger charge is 2.44. The molecule has 2 aromatic rings. The lowest BCUT2D eigenvalue weighted by atomic mass is 9.77. The molecule has 2 saturated heterocycles. The van der Waals surface area contributed by atoms with Crippen LogP contribution < -0.4 is 4.90 Å². The minimum Gasteiger partial charge on any atom is -0.355 e. The van der Waals surface area contributed by atoms with Crippen molar-refractivity contribution in [2.75, 3.05) is 31.1 Å². The SMILES string of the molecule is Cc1cnc(C)c(N2CCC3(CC2)CC(=O)N(CC=Cc2ccccc2)C3)n1. The van der Waals surface area contributed by atoms with E-state index in [1.165, 1.54) is 5.56 Å². The van der Waals surface area contributed by atoms with Gasteiger partial charge in [0.1, 0.15) is 5.82 Å². The summed E-state index contributed by atoms with van der Waals surface area (Å²) in [5.41, 5.74) is 3.23. The van der Waals surface area contributed by atoms with E-state index in [9.17, 15) is 4.79 Å². The molecule has 0 aliphatic carbocycles. The summed E-state index contributed by atoms with van der Waals surface area (Å²) in [6.45, 7) is 7.46. The lowest BCUT2D eigenvalue weighted by molar-refractivity contribution is -0.127. The Kier molecular flexibility index (Phi) is 5.16. The number of amides is 1. The van der Waals surface area contributed by atoms with Crippen LogP contribution >= 0.6 is 0 Å². The van der Waals surface area contributed by atoms with Gasteiger partial charge in [-0.25, -0.2) is 4.98 Å². The third kappa shape index (κ3) is 3.93. The summed E-state index contributed by atoms with van der Waals surface area (Å²) in [4.78, 5) is 26.1. The number of aromatic nitrogens is 2. The molecule has 1 aromatic heterocycles. The Balaban J connectivity index is 1.36. The van der Waals surface area contributed by atoms with E-state index in [1.54, 1.807) is 0 Å². The van der Waals surface area contributed by atoms with E-state index >= 15 is 0 Å². The van der Waals surface area contributed by atoms with Crippen LogP contribution in [0.5, 0.6) is 0 Å². The van der Waals surface area contributed by atoms with Crippen LogP contribution in [0.2, 0.25) is 0 Å². The van der Waals surface area contributed by atoms with Gasteiger partial charge in [-0.1, -0.05) is 42.5 Å². The Morgan fingerprint density at radius 1 is 1.14 bits per heavy atom. The predicted octanol–water partition coefficient (Wildman–Crippen LogP) is 3.63. The minimum absolute atomic E-state index is 0.124. The van der Waals surface area contributed by atoms with Crippen LogP contribution in [0.3, 0.4) is 0 Å².